The van der Waals surface area contributed by atoms with E-state index in [0.717, 1.165) is 0 Å². The van der Waals surface area contributed by atoms with E-state index >= 15 is 0 Å². The average molecular weight is 220 g/mol. The Balaban J connectivity index is 2.53. The van der Waals surface area contributed by atoms with Crippen LogP contribution in [0.4, 0.5) is 5.69 Å². The zero-order valence-electron chi connectivity index (χ0n) is 8.87. The average Bonchev–Trinajstić information content (AvgIpc) is 2.50. The van der Waals surface area contributed by atoms with Gasteiger partial charge >= 0.3 is 5.97 Å². The lowest BCUT2D eigenvalue weighted by molar-refractivity contribution is 0.0602. The summed E-state index contributed by atoms with van der Waals surface area (Å²) in [6.45, 7) is 1.13. The van der Waals surface area contributed by atoms with E-state index in [2.05, 4.69) is 15.4 Å². The third-order valence-electron chi connectivity index (χ3n) is 2.43. The molecular weight excluding hydrogens is 208 g/mol. The monoisotopic (exact) mass is 220 g/mol. The number of amides is 1. The SMILES string of the molecule is COC(=O)c1cccc2c1NCCNC2=O. The van der Waals surface area contributed by atoms with E-state index < -0.39 is 5.97 Å². The molecule has 84 valence electrons. The lowest BCUT2D eigenvalue weighted by Crippen LogP contribution is -2.24. The first-order chi connectivity index (χ1) is 7.74. The van der Waals surface area contributed by atoms with Gasteiger partial charge in [0.25, 0.3) is 5.91 Å². The van der Waals surface area contributed by atoms with Crippen molar-refractivity contribution in [2.75, 3.05) is 25.5 Å². The molecule has 1 amide bonds. The Morgan fingerprint density at radius 1 is 1.31 bits per heavy atom. The van der Waals surface area contributed by atoms with Crippen molar-refractivity contribution in [1.82, 2.24) is 5.32 Å². The predicted molar refractivity (Wildman–Crippen MR) is 58.6 cm³/mol. The van der Waals surface area contributed by atoms with Crippen molar-refractivity contribution < 1.29 is 14.3 Å². The molecule has 1 heterocycles. The van der Waals surface area contributed by atoms with Crippen molar-refractivity contribution in [2.45, 2.75) is 0 Å². The van der Waals surface area contributed by atoms with Crippen molar-refractivity contribution in [3.8, 4) is 0 Å². The van der Waals surface area contributed by atoms with E-state index in [-0.39, 0.29) is 5.91 Å². The molecule has 16 heavy (non-hydrogen) atoms. The van der Waals surface area contributed by atoms with Gasteiger partial charge < -0.3 is 15.4 Å². The van der Waals surface area contributed by atoms with Crippen LogP contribution in [0.25, 0.3) is 0 Å². The number of esters is 1. The molecule has 0 bridgehead atoms. The number of anilines is 1. The molecule has 0 aromatic heterocycles. The number of fused-ring (bicyclic) bond motifs is 1. The number of ether oxygens (including phenoxy) is 1. The van der Waals surface area contributed by atoms with Crippen molar-refractivity contribution in [2.24, 2.45) is 0 Å². The zero-order chi connectivity index (χ0) is 11.5. The van der Waals surface area contributed by atoms with Crippen LogP contribution in [0.3, 0.4) is 0 Å². The number of para-hydroxylation sites is 1. The van der Waals surface area contributed by atoms with Gasteiger partial charge in [-0.2, -0.15) is 0 Å². The second kappa shape index (κ2) is 4.22. The first-order valence-corrected chi connectivity index (χ1v) is 4.97. The number of benzene rings is 1. The Labute approximate surface area is 92.8 Å². The number of rotatable bonds is 1. The molecule has 1 aliphatic heterocycles. The van der Waals surface area contributed by atoms with Crippen molar-refractivity contribution >= 4 is 17.6 Å². The predicted octanol–water partition coefficient (Wildman–Crippen LogP) is 0.628. The van der Waals surface area contributed by atoms with Gasteiger partial charge in [-0.1, -0.05) is 6.07 Å². The third kappa shape index (κ3) is 1.71. The van der Waals surface area contributed by atoms with Gasteiger partial charge in [-0.25, -0.2) is 4.79 Å². The standard InChI is InChI=1S/C11H12N2O3/c1-16-11(15)8-4-2-3-7-9(8)12-5-6-13-10(7)14/h2-4,12H,5-6H2,1H3,(H,13,14). The number of hydrogen-bond acceptors (Lipinski definition) is 4. The minimum absolute atomic E-state index is 0.175. The molecule has 1 aromatic rings. The molecule has 0 spiro atoms. The van der Waals surface area contributed by atoms with Gasteiger partial charge in [0, 0.05) is 13.1 Å². The number of hydrogen-bond donors (Lipinski definition) is 2. The first kappa shape index (κ1) is 10.5. The van der Waals surface area contributed by atoms with Crippen LogP contribution >= 0.6 is 0 Å². The maximum absolute atomic E-state index is 11.7. The molecule has 1 aliphatic rings. The molecule has 2 N–H and O–H groups in total. The molecular formula is C11H12N2O3. The van der Waals surface area contributed by atoms with Crippen molar-refractivity contribution in [1.29, 1.82) is 0 Å². The van der Waals surface area contributed by atoms with Gasteiger partial charge in [0.1, 0.15) is 0 Å². The highest BCUT2D eigenvalue weighted by Gasteiger charge is 2.20. The van der Waals surface area contributed by atoms with Crippen LogP contribution in [0.15, 0.2) is 18.2 Å². The van der Waals surface area contributed by atoms with Gasteiger partial charge in [-0.05, 0) is 12.1 Å². The topological polar surface area (TPSA) is 67.4 Å². The van der Waals surface area contributed by atoms with Crippen LogP contribution in [0.1, 0.15) is 20.7 Å². The maximum Gasteiger partial charge on any atom is 0.339 e. The Kier molecular flexibility index (Phi) is 2.76. The Hall–Kier alpha value is -2.04. The fraction of sp³-hybridized carbons (Fsp3) is 0.273. The fourth-order valence-corrected chi connectivity index (χ4v) is 1.67. The molecule has 0 saturated carbocycles. The van der Waals surface area contributed by atoms with Crippen LogP contribution in [0.5, 0.6) is 0 Å². The van der Waals surface area contributed by atoms with E-state index in [0.29, 0.717) is 29.9 Å². The zero-order valence-corrected chi connectivity index (χ0v) is 8.87. The van der Waals surface area contributed by atoms with Crippen LogP contribution in [-0.2, 0) is 4.74 Å². The highest BCUT2D eigenvalue weighted by Crippen LogP contribution is 2.23. The minimum Gasteiger partial charge on any atom is -0.465 e. The summed E-state index contributed by atoms with van der Waals surface area (Å²) in [6, 6.07) is 4.98. The van der Waals surface area contributed by atoms with E-state index in [1.54, 1.807) is 18.2 Å². The number of carbonyl (C=O) groups excluding carboxylic acids is 2. The largest absolute Gasteiger partial charge is 0.465 e. The van der Waals surface area contributed by atoms with E-state index in [1.807, 2.05) is 0 Å². The summed E-state index contributed by atoms with van der Waals surface area (Å²) in [5, 5.41) is 5.79. The normalized spacial score (nSPS) is 14.2. The summed E-state index contributed by atoms with van der Waals surface area (Å²) in [7, 11) is 1.32. The summed E-state index contributed by atoms with van der Waals surface area (Å²) in [5.74, 6) is -0.621. The van der Waals surface area contributed by atoms with E-state index in [1.165, 1.54) is 7.11 Å². The maximum atomic E-state index is 11.7. The molecule has 1 aromatic carbocycles. The second-order valence-corrected chi connectivity index (χ2v) is 3.40. The first-order valence-electron chi connectivity index (χ1n) is 4.97. The molecule has 2 rings (SSSR count). The van der Waals surface area contributed by atoms with Gasteiger partial charge in [0.05, 0.1) is 23.9 Å². The smallest absolute Gasteiger partial charge is 0.339 e. The lowest BCUT2D eigenvalue weighted by Gasteiger charge is -2.10. The van der Waals surface area contributed by atoms with Gasteiger partial charge in [0.15, 0.2) is 0 Å². The molecule has 5 nitrogen and oxygen atoms in total. The summed E-state index contributed by atoms with van der Waals surface area (Å²) >= 11 is 0. The van der Waals surface area contributed by atoms with Gasteiger partial charge in [-0.3, -0.25) is 4.79 Å². The molecule has 0 radical (unpaired) electrons. The van der Waals surface area contributed by atoms with Gasteiger partial charge in [-0.15, -0.1) is 0 Å². The second-order valence-electron chi connectivity index (χ2n) is 3.40. The Morgan fingerprint density at radius 2 is 2.06 bits per heavy atom. The molecule has 0 fully saturated rings. The minimum atomic E-state index is -0.445. The van der Waals surface area contributed by atoms with Crippen LogP contribution in [0, 0.1) is 0 Å². The molecule has 5 heteroatoms. The van der Waals surface area contributed by atoms with Crippen LogP contribution in [-0.4, -0.2) is 32.1 Å². The Bertz CT molecular complexity index is 443. The van der Waals surface area contributed by atoms with Gasteiger partial charge in [0.2, 0.25) is 0 Å². The summed E-state index contributed by atoms with van der Waals surface area (Å²) in [5.41, 5.74) is 1.40. The third-order valence-corrected chi connectivity index (χ3v) is 2.43. The fourth-order valence-electron chi connectivity index (χ4n) is 1.67. The van der Waals surface area contributed by atoms with E-state index in [4.69, 9.17) is 0 Å². The quantitative estimate of drug-likeness (QED) is 0.681. The number of methoxy groups -OCH3 is 1. The Morgan fingerprint density at radius 3 is 2.81 bits per heavy atom. The number of carbonyl (C=O) groups is 2. The van der Waals surface area contributed by atoms with Crippen LogP contribution in [0.2, 0.25) is 0 Å². The van der Waals surface area contributed by atoms with E-state index in [9.17, 15) is 9.59 Å². The summed E-state index contributed by atoms with van der Waals surface area (Å²) in [6.07, 6.45) is 0. The van der Waals surface area contributed by atoms with Crippen LogP contribution < -0.4 is 10.6 Å². The van der Waals surface area contributed by atoms with Crippen molar-refractivity contribution in [3.05, 3.63) is 29.3 Å². The molecule has 0 unspecified atom stereocenters. The summed E-state index contributed by atoms with van der Waals surface area (Å²) < 4.78 is 4.67. The van der Waals surface area contributed by atoms with Crippen molar-refractivity contribution in [3.63, 3.8) is 0 Å². The lowest BCUT2D eigenvalue weighted by atomic mass is 10.1. The summed E-state index contributed by atoms with van der Waals surface area (Å²) in [4.78, 5) is 23.2. The molecule has 0 aliphatic carbocycles. The molecule has 0 atom stereocenters. The number of nitrogens with one attached hydrogen (secondary N) is 2. The highest BCUT2D eigenvalue weighted by molar-refractivity contribution is 6.06. The molecule has 0 saturated heterocycles. The highest BCUT2D eigenvalue weighted by atomic mass is 16.5.